The number of hydrogen-bond donors (Lipinski definition) is 1. The average Bonchev–Trinajstić information content (AvgIpc) is 3.21. The fourth-order valence-corrected chi connectivity index (χ4v) is 5.52. The fourth-order valence-electron chi connectivity index (χ4n) is 3.74. The predicted molar refractivity (Wildman–Crippen MR) is 104 cm³/mol. The van der Waals surface area contributed by atoms with E-state index >= 15 is 0 Å². The zero-order valence-electron chi connectivity index (χ0n) is 14.2. The summed E-state index contributed by atoms with van der Waals surface area (Å²) in [5, 5.41) is 3.64. The molecule has 0 aliphatic carbocycles. The minimum Gasteiger partial charge on any atom is -0.350 e. The smallest absolute Gasteiger partial charge is 0.244 e. The van der Waals surface area contributed by atoms with Crippen LogP contribution in [0, 0.1) is 0 Å². The molecular weight excluding hydrogens is 368 g/mol. The molecule has 4 rings (SSSR count). The summed E-state index contributed by atoms with van der Waals surface area (Å²) in [6.45, 7) is 0.428. The van der Waals surface area contributed by atoms with Crippen molar-refractivity contribution in [2.24, 2.45) is 0 Å². The maximum Gasteiger partial charge on any atom is 0.244 e. The van der Waals surface area contributed by atoms with E-state index in [0.717, 1.165) is 17.5 Å². The van der Waals surface area contributed by atoms with Gasteiger partial charge in [-0.2, -0.15) is 0 Å². The van der Waals surface area contributed by atoms with Crippen molar-refractivity contribution in [3.8, 4) is 0 Å². The Morgan fingerprint density at radius 1 is 1.19 bits per heavy atom. The second kappa shape index (κ2) is 6.97. The van der Waals surface area contributed by atoms with Crippen LogP contribution >= 0.6 is 23.4 Å². The number of thioether (sulfide) groups is 1. The van der Waals surface area contributed by atoms with Gasteiger partial charge < -0.3 is 10.2 Å². The summed E-state index contributed by atoms with van der Waals surface area (Å²) in [4.78, 5) is 26.8. The third-order valence-corrected chi connectivity index (χ3v) is 6.88. The number of halogens is 1. The Balaban J connectivity index is 1.51. The Bertz CT molecular complexity index is 827. The van der Waals surface area contributed by atoms with Crippen LogP contribution in [0.2, 0.25) is 5.02 Å². The number of nitrogens with one attached hydrogen (secondary N) is 1. The van der Waals surface area contributed by atoms with E-state index in [2.05, 4.69) is 5.32 Å². The van der Waals surface area contributed by atoms with E-state index in [1.54, 1.807) is 23.9 Å². The van der Waals surface area contributed by atoms with Crippen molar-refractivity contribution in [3.05, 3.63) is 70.7 Å². The highest BCUT2D eigenvalue weighted by molar-refractivity contribution is 8.00. The van der Waals surface area contributed by atoms with Gasteiger partial charge >= 0.3 is 0 Å². The molecule has 0 unspecified atom stereocenters. The zero-order chi connectivity index (χ0) is 18.1. The van der Waals surface area contributed by atoms with Crippen LogP contribution in [0.25, 0.3) is 0 Å². The molecule has 2 aromatic rings. The lowest BCUT2D eigenvalue weighted by atomic mass is 10.0. The summed E-state index contributed by atoms with van der Waals surface area (Å²) in [6.07, 6.45) is 1.24. The molecule has 2 saturated heterocycles. The van der Waals surface area contributed by atoms with Crippen LogP contribution in [0.3, 0.4) is 0 Å². The Morgan fingerprint density at radius 3 is 2.65 bits per heavy atom. The molecule has 2 atom stereocenters. The van der Waals surface area contributed by atoms with Gasteiger partial charge in [0.2, 0.25) is 11.8 Å². The lowest BCUT2D eigenvalue weighted by molar-refractivity contribution is -0.138. The topological polar surface area (TPSA) is 49.4 Å². The first-order chi connectivity index (χ1) is 12.6. The van der Waals surface area contributed by atoms with Crippen molar-refractivity contribution in [2.45, 2.75) is 30.3 Å². The molecule has 2 aliphatic rings. The number of fused-ring (bicyclic) bond motifs is 1. The minimum absolute atomic E-state index is 0.0606. The summed E-state index contributed by atoms with van der Waals surface area (Å²) in [5.74, 6) is 0.582. The molecule has 0 spiro atoms. The third-order valence-electron chi connectivity index (χ3n) is 5.03. The Kier molecular flexibility index (Phi) is 4.67. The van der Waals surface area contributed by atoms with E-state index < -0.39 is 10.9 Å². The number of hydrogen-bond acceptors (Lipinski definition) is 3. The van der Waals surface area contributed by atoms with Gasteiger partial charge in [0.1, 0.15) is 10.9 Å². The van der Waals surface area contributed by atoms with E-state index in [9.17, 15) is 9.59 Å². The van der Waals surface area contributed by atoms with E-state index in [0.29, 0.717) is 23.7 Å². The van der Waals surface area contributed by atoms with Crippen molar-refractivity contribution in [3.63, 3.8) is 0 Å². The maximum atomic E-state index is 12.8. The highest BCUT2D eigenvalue weighted by atomic mass is 35.5. The quantitative estimate of drug-likeness (QED) is 0.874. The van der Waals surface area contributed by atoms with Crippen molar-refractivity contribution in [1.82, 2.24) is 10.2 Å². The van der Waals surface area contributed by atoms with Gasteiger partial charge in [0.05, 0.1) is 0 Å². The number of carbonyl (C=O) groups is 2. The number of carbonyl (C=O) groups excluding carboxylic acids is 2. The molecule has 2 aromatic carbocycles. The van der Waals surface area contributed by atoms with Crippen LogP contribution in [0.5, 0.6) is 0 Å². The second-order valence-electron chi connectivity index (χ2n) is 6.59. The molecule has 134 valence electrons. The minimum atomic E-state index is -0.428. The number of amides is 2. The lowest BCUT2D eigenvalue weighted by Gasteiger charge is -2.34. The molecule has 2 amide bonds. The summed E-state index contributed by atoms with van der Waals surface area (Å²) in [5.41, 5.74) is 2.08. The van der Waals surface area contributed by atoms with Gasteiger partial charge in [0, 0.05) is 23.7 Å². The van der Waals surface area contributed by atoms with Crippen molar-refractivity contribution in [1.29, 1.82) is 0 Å². The zero-order valence-corrected chi connectivity index (χ0v) is 15.7. The molecule has 4 nitrogen and oxygen atoms in total. The first kappa shape index (κ1) is 17.4. The van der Waals surface area contributed by atoms with Crippen LogP contribution in [0.15, 0.2) is 54.6 Å². The molecule has 2 heterocycles. The highest BCUT2D eigenvalue weighted by Gasteiger charge is 2.56. The largest absolute Gasteiger partial charge is 0.350 e. The monoisotopic (exact) mass is 386 g/mol. The number of benzene rings is 2. The van der Waals surface area contributed by atoms with Gasteiger partial charge in [-0.3, -0.25) is 9.59 Å². The molecule has 0 radical (unpaired) electrons. The van der Waals surface area contributed by atoms with E-state index in [1.165, 1.54) is 0 Å². The number of rotatable bonds is 4. The molecule has 1 N–H and O–H groups in total. The summed E-state index contributed by atoms with van der Waals surface area (Å²) in [6, 6.07) is 17.0. The Hall–Kier alpha value is -1.98. The van der Waals surface area contributed by atoms with Crippen LogP contribution in [0.4, 0.5) is 0 Å². The first-order valence-corrected chi connectivity index (χ1v) is 10.0. The van der Waals surface area contributed by atoms with Crippen molar-refractivity contribution in [2.75, 3.05) is 5.75 Å². The molecule has 26 heavy (non-hydrogen) atoms. The fraction of sp³-hybridized carbons (Fsp3) is 0.300. The van der Waals surface area contributed by atoms with E-state index in [4.69, 9.17) is 11.6 Å². The van der Waals surface area contributed by atoms with Crippen LogP contribution in [0.1, 0.15) is 24.0 Å². The van der Waals surface area contributed by atoms with Crippen molar-refractivity contribution < 1.29 is 9.59 Å². The normalized spacial score (nSPS) is 24.6. The van der Waals surface area contributed by atoms with Crippen LogP contribution < -0.4 is 5.32 Å². The Labute approximate surface area is 161 Å². The highest BCUT2D eigenvalue weighted by Crippen LogP contribution is 2.54. The number of nitrogens with zero attached hydrogens (tertiary/aromatic N) is 1. The van der Waals surface area contributed by atoms with Gasteiger partial charge in [0.15, 0.2) is 0 Å². The SMILES string of the molecule is O=C(NCc1ccc(Cl)cc1)[C@H]1CS[C@@]2(c3ccccc3)CCC(=O)N12. The van der Waals surface area contributed by atoms with Gasteiger partial charge in [-0.05, 0) is 29.7 Å². The molecule has 0 aromatic heterocycles. The van der Waals surface area contributed by atoms with Gasteiger partial charge in [0.25, 0.3) is 0 Å². The standard InChI is InChI=1S/C20H19ClN2O2S/c21-16-8-6-14(7-9-16)12-22-19(25)17-13-26-20(11-10-18(24)23(17)20)15-4-2-1-3-5-15/h1-9,17H,10-13H2,(H,22,25)/t17-,20-/m1/s1. The summed E-state index contributed by atoms with van der Waals surface area (Å²) < 4.78 is 0. The lowest BCUT2D eigenvalue weighted by Crippen LogP contribution is -2.49. The van der Waals surface area contributed by atoms with Gasteiger partial charge in [-0.1, -0.05) is 54.1 Å². The first-order valence-electron chi connectivity index (χ1n) is 8.64. The maximum absolute atomic E-state index is 12.8. The Morgan fingerprint density at radius 2 is 1.92 bits per heavy atom. The van der Waals surface area contributed by atoms with Crippen molar-refractivity contribution >= 4 is 35.2 Å². The van der Waals surface area contributed by atoms with Crippen LogP contribution in [-0.2, 0) is 21.0 Å². The molecule has 6 heteroatoms. The molecule has 0 bridgehead atoms. The van der Waals surface area contributed by atoms with E-state index in [-0.39, 0.29) is 11.8 Å². The molecule has 2 fully saturated rings. The summed E-state index contributed by atoms with van der Waals surface area (Å²) in [7, 11) is 0. The average molecular weight is 387 g/mol. The van der Waals surface area contributed by atoms with Gasteiger partial charge in [-0.15, -0.1) is 11.8 Å². The second-order valence-corrected chi connectivity index (χ2v) is 8.32. The third kappa shape index (κ3) is 2.99. The predicted octanol–water partition coefficient (Wildman–Crippen LogP) is 3.55. The molecule has 2 aliphatic heterocycles. The molecular formula is C20H19ClN2O2S. The molecule has 0 saturated carbocycles. The van der Waals surface area contributed by atoms with Crippen LogP contribution in [-0.4, -0.2) is 28.5 Å². The summed E-state index contributed by atoms with van der Waals surface area (Å²) >= 11 is 7.60. The van der Waals surface area contributed by atoms with E-state index in [1.807, 2.05) is 47.4 Å². The van der Waals surface area contributed by atoms with Gasteiger partial charge in [-0.25, -0.2) is 0 Å².